The van der Waals surface area contributed by atoms with E-state index in [1.807, 2.05) is 12.1 Å². The first-order chi connectivity index (χ1) is 14.1. The lowest BCUT2D eigenvalue weighted by Gasteiger charge is -2.29. The van der Waals surface area contributed by atoms with Crippen molar-refractivity contribution in [2.24, 2.45) is 11.8 Å². The third-order valence-corrected chi connectivity index (χ3v) is 6.95. The molecule has 4 atom stereocenters. The van der Waals surface area contributed by atoms with E-state index in [9.17, 15) is 14.4 Å². The monoisotopic (exact) mass is 396 g/mol. The van der Waals surface area contributed by atoms with Crippen molar-refractivity contribution in [3.8, 4) is 0 Å². The summed E-state index contributed by atoms with van der Waals surface area (Å²) in [4.78, 5) is 37.9. The third kappa shape index (κ3) is 3.69. The number of carbonyl (C=O) groups excluding carboxylic acids is 3. The van der Waals surface area contributed by atoms with Crippen molar-refractivity contribution in [2.75, 3.05) is 13.1 Å². The van der Waals surface area contributed by atoms with Crippen LogP contribution in [0.5, 0.6) is 0 Å². The highest BCUT2D eigenvalue weighted by Crippen LogP contribution is 2.33. The number of carbonyl (C=O) groups is 3. The van der Waals surface area contributed by atoms with Gasteiger partial charge in [-0.3, -0.25) is 19.7 Å². The van der Waals surface area contributed by atoms with Crippen LogP contribution in [0.4, 0.5) is 0 Å². The highest BCUT2D eigenvalue weighted by Gasteiger charge is 2.39. The Hall–Kier alpha value is -2.25. The van der Waals surface area contributed by atoms with Crippen LogP contribution in [0.1, 0.15) is 53.6 Å². The molecule has 0 aromatic heterocycles. The average molecular weight is 396 g/mol. The van der Waals surface area contributed by atoms with Crippen molar-refractivity contribution >= 4 is 17.7 Å². The highest BCUT2D eigenvalue weighted by atomic mass is 16.2. The van der Waals surface area contributed by atoms with Gasteiger partial charge < -0.3 is 15.5 Å². The number of rotatable bonds is 5. The minimum atomic E-state index is -0.551. The summed E-state index contributed by atoms with van der Waals surface area (Å²) >= 11 is 0. The summed E-state index contributed by atoms with van der Waals surface area (Å²) < 4.78 is 0. The molecular formula is C22H28N4O3. The summed E-state index contributed by atoms with van der Waals surface area (Å²) in [6.07, 6.45) is 4.61. The van der Waals surface area contributed by atoms with E-state index in [2.05, 4.69) is 22.0 Å². The molecule has 1 aromatic rings. The van der Waals surface area contributed by atoms with Crippen LogP contribution in [0.3, 0.4) is 0 Å². The number of nitrogens with one attached hydrogen (secondary N) is 3. The summed E-state index contributed by atoms with van der Waals surface area (Å²) in [6, 6.07) is 6.13. The maximum atomic E-state index is 12.8. The zero-order chi connectivity index (χ0) is 20.0. The van der Waals surface area contributed by atoms with Crippen molar-refractivity contribution in [2.45, 2.75) is 57.3 Å². The fourth-order valence-corrected chi connectivity index (χ4v) is 5.56. The standard InChI is InChI=1S/C22H28N4O3/c27-20-4-3-19(21(28)25-20)26-12-16-6-13(1-2-18(16)22(26)29)9-23-10-14-5-15-8-17(7-14)24-11-15/h1-2,6,14-15,17,19,23-24H,3-5,7-12H2,(H,25,27,28). The lowest BCUT2D eigenvalue weighted by atomic mass is 9.82. The second-order valence-electron chi connectivity index (χ2n) is 9.07. The smallest absolute Gasteiger partial charge is 0.255 e. The van der Waals surface area contributed by atoms with Gasteiger partial charge in [-0.2, -0.15) is 0 Å². The Morgan fingerprint density at radius 2 is 2.03 bits per heavy atom. The van der Waals surface area contributed by atoms with E-state index in [0.717, 1.165) is 30.5 Å². The molecule has 1 saturated carbocycles. The first kappa shape index (κ1) is 18.8. The van der Waals surface area contributed by atoms with E-state index < -0.39 is 6.04 Å². The Morgan fingerprint density at radius 1 is 1.14 bits per heavy atom. The predicted molar refractivity (Wildman–Crippen MR) is 107 cm³/mol. The lowest BCUT2D eigenvalue weighted by Crippen LogP contribution is -2.52. The molecular weight excluding hydrogens is 368 g/mol. The molecule has 2 saturated heterocycles. The average Bonchev–Trinajstić information content (AvgIpc) is 3.20. The highest BCUT2D eigenvalue weighted by molar-refractivity contribution is 6.05. The summed E-state index contributed by atoms with van der Waals surface area (Å²) in [6.45, 7) is 3.45. The number of piperidine rings is 1. The quantitative estimate of drug-likeness (QED) is 0.644. The van der Waals surface area contributed by atoms with E-state index in [1.54, 1.807) is 4.90 Å². The van der Waals surface area contributed by atoms with Gasteiger partial charge in [-0.1, -0.05) is 12.1 Å². The van der Waals surface area contributed by atoms with Gasteiger partial charge in [0, 0.05) is 31.1 Å². The maximum Gasteiger partial charge on any atom is 0.255 e. The first-order valence-corrected chi connectivity index (χ1v) is 10.8. The van der Waals surface area contributed by atoms with Crippen LogP contribution >= 0.6 is 0 Å². The van der Waals surface area contributed by atoms with Gasteiger partial charge in [-0.15, -0.1) is 0 Å². The second-order valence-corrected chi connectivity index (χ2v) is 9.07. The minimum absolute atomic E-state index is 0.112. The van der Waals surface area contributed by atoms with Gasteiger partial charge in [0.15, 0.2) is 0 Å². The molecule has 5 rings (SSSR count). The number of benzene rings is 1. The van der Waals surface area contributed by atoms with Crippen molar-refractivity contribution in [1.82, 2.24) is 20.9 Å². The number of imide groups is 1. The fraction of sp³-hybridized carbons (Fsp3) is 0.591. The largest absolute Gasteiger partial charge is 0.322 e. The fourth-order valence-electron chi connectivity index (χ4n) is 5.56. The minimum Gasteiger partial charge on any atom is -0.322 e. The molecule has 7 nitrogen and oxygen atoms in total. The molecule has 1 aromatic carbocycles. The van der Waals surface area contributed by atoms with Crippen molar-refractivity contribution in [3.63, 3.8) is 0 Å². The molecule has 4 aliphatic rings. The SMILES string of the molecule is O=C1CCC(N2Cc3cc(CNCC4CC5CNC(C4)C5)ccc3C2=O)C(=O)N1. The molecule has 7 heteroatoms. The van der Waals surface area contributed by atoms with Crippen LogP contribution in [0.25, 0.3) is 0 Å². The topological polar surface area (TPSA) is 90.5 Å². The van der Waals surface area contributed by atoms with Gasteiger partial charge in [0.25, 0.3) is 5.91 Å². The Labute approximate surface area is 170 Å². The van der Waals surface area contributed by atoms with Gasteiger partial charge in [-0.05, 0) is 67.8 Å². The molecule has 2 bridgehead atoms. The van der Waals surface area contributed by atoms with E-state index in [0.29, 0.717) is 24.6 Å². The second kappa shape index (κ2) is 7.54. The number of hydrogen-bond donors (Lipinski definition) is 3. The summed E-state index contributed by atoms with van der Waals surface area (Å²) in [5, 5.41) is 9.56. The maximum absolute atomic E-state index is 12.8. The van der Waals surface area contributed by atoms with Crippen molar-refractivity contribution < 1.29 is 14.4 Å². The lowest BCUT2D eigenvalue weighted by molar-refractivity contribution is -0.136. The van der Waals surface area contributed by atoms with Crippen LogP contribution in [0.15, 0.2) is 18.2 Å². The summed E-state index contributed by atoms with van der Waals surface area (Å²) in [5.41, 5.74) is 2.81. The Morgan fingerprint density at radius 3 is 2.86 bits per heavy atom. The number of fused-ring (bicyclic) bond motifs is 3. The third-order valence-electron chi connectivity index (χ3n) is 6.95. The summed E-state index contributed by atoms with van der Waals surface area (Å²) in [7, 11) is 0. The molecule has 3 aliphatic heterocycles. The van der Waals surface area contributed by atoms with E-state index >= 15 is 0 Å². The first-order valence-electron chi connectivity index (χ1n) is 10.8. The molecule has 4 unspecified atom stereocenters. The molecule has 3 heterocycles. The normalized spacial score (nSPS) is 31.2. The molecule has 1 aliphatic carbocycles. The molecule has 3 fully saturated rings. The van der Waals surface area contributed by atoms with E-state index in [4.69, 9.17) is 0 Å². The molecule has 154 valence electrons. The molecule has 3 N–H and O–H groups in total. The Kier molecular flexibility index (Phi) is 4.87. The predicted octanol–water partition coefficient (Wildman–Crippen LogP) is 0.925. The Bertz CT molecular complexity index is 842. The van der Waals surface area contributed by atoms with E-state index in [1.165, 1.54) is 31.4 Å². The molecule has 0 radical (unpaired) electrons. The molecule has 0 spiro atoms. The number of nitrogens with zero attached hydrogens (tertiary/aromatic N) is 1. The van der Waals surface area contributed by atoms with Crippen LogP contribution in [0.2, 0.25) is 0 Å². The molecule has 3 amide bonds. The number of amides is 3. The van der Waals surface area contributed by atoms with Crippen LogP contribution in [-0.2, 0) is 22.7 Å². The zero-order valence-corrected chi connectivity index (χ0v) is 16.6. The Balaban J connectivity index is 1.19. The van der Waals surface area contributed by atoms with Crippen LogP contribution in [0, 0.1) is 11.8 Å². The van der Waals surface area contributed by atoms with Crippen molar-refractivity contribution in [1.29, 1.82) is 0 Å². The van der Waals surface area contributed by atoms with Gasteiger partial charge in [-0.25, -0.2) is 0 Å². The number of hydrogen-bond acceptors (Lipinski definition) is 5. The summed E-state index contributed by atoms with van der Waals surface area (Å²) in [5.74, 6) is 0.863. The van der Waals surface area contributed by atoms with Crippen LogP contribution < -0.4 is 16.0 Å². The van der Waals surface area contributed by atoms with Crippen molar-refractivity contribution in [3.05, 3.63) is 34.9 Å². The van der Waals surface area contributed by atoms with Gasteiger partial charge in [0.05, 0.1) is 0 Å². The van der Waals surface area contributed by atoms with Gasteiger partial charge >= 0.3 is 0 Å². The van der Waals surface area contributed by atoms with Gasteiger partial charge in [0.1, 0.15) is 6.04 Å². The van der Waals surface area contributed by atoms with E-state index in [-0.39, 0.29) is 24.1 Å². The van der Waals surface area contributed by atoms with Crippen LogP contribution in [-0.4, -0.2) is 47.8 Å². The molecule has 29 heavy (non-hydrogen) atoms. The van der Waals surface area contributed by atoms with Gasteiger partial charge in [0.2, 0.25) is 11.8 Å². The zero-order valence-electron chi connectivity index (χ0n) is 16.6.